The Kier molecular flexibility index (Phi) is 5.60. The van der Waals surface area contributed by atoms with Crippen molar-refractivity contribution in [2.45, 2.75) is 33.4 Å². The van der Waals surface area contributed by atoms with Crippen molar-refractivity contribution in [3.8, 4) is 17.0 Å². The fourth-order valence-electron chi connectivity index (χ4n) is 4.36. The van der Waals surface area contributed by atoms with Crippen molar-refractivity contribution in [1.82, 2.24) is 25.5 Å². The maximum absolute atomic E-state index is 5.35. The molecule has 0 aliphatic carbocycles. The minimum absolute atomic E-state index is 0.101. The van der Waals surface area contributed by atoms with Gasteiger partial charge >= 0.3 is 0 Å². The lowest BCUT2D eigenvalue weighted by molar-refractivity contribution is 0.396. The molecule has 5 rings (SSSR count). The van der Waals surface area contributed by atoms with Crippen LogP contribution in [0.1, 0.15) is 36.8 Å². The third kappa shape index (κ3) is 4.22. The molecule has 33 heavy (non-hydrogen) atoms. The molecule has 0 bridgehead atoms. The van der Waals surface area contributed by atoms with Gasteiger partial charge in [-0.05, 0) is 59.5 Å². The predicted octanol–water partition coefficient (Wildman–Crippen LogP) is 5.91. The van der Waals surface area contributed by atoms with Crippen LogP contribution in [0.3, 0.4) is 0 Å². The lowest BCUT2D eigenvalue weighted by Gasteiger charge is -2.20. The summed E-state index contributed by atoms with van der Waals surface area (Å²) < 4.78 is 5.35. The zero-order valence-corrected chi connectivity index (χ0v) is 19.4. The second-order valence-corrected chi connectivity index (χ2v) is 8.94. The lowest BCUT2D eigenvalue weighted by atomic mass is 10.0. The minimum Gasteiger partial charge on any atom is -0.497 e. The van der Waals surface area contributed by atoms with E-state index < -0.39 is 0 Å². The number of hydrogen-bond acceptors (Lipinski definition) is 4. The Morgan fingerprint density at radius 1 is 1.00 bits per heavy atom. The monoisotopic (exact) mass is 439 g/mol. The average molecular weight is 440 g/mol. The van der Waals surface area contributed by atoms with Crippen molar-refractivity contribution in [2.75, 3.05) is 7.11 Å². The first kappa shape index (κ1) is 21.2. The van der Waals surface area contributed by atoms with Gasteiger partial charge in [-0.2, -0.15) is 5.10 Å². The number of nitrogens with one attached hydrogen (secondary N) is 3. The number of hydrogen-bond donors (Lipinski definition) is 3. The number of fused-ring (bicyclic) bond motifs is 2. The highest BCUT2D eigenvalue weighted by Gasteiger charge is 2.20. The largest absolute Gasteiger partial charge is 0.497 e. The highest BCUT2D eigenvalue weighted by Crippen LogP contribution is 2.29. The predicted molar refractivity (Wildman–Crippen MR) is 133 cm³/mol. The zero-order valence-electron chi connectivity index (χ0n) is 19.4. The lowest BCUT2D eigenvalue weighted by Crippen LogP contribution is -2.26. The molecule has 0 amide bonds. The van der Waals surface area contributed by atoms with E-state index in [4.69, 9.17) is 9.72 Å². The van der Waals surface area contributed by atoms with Crippen LogP contribution in [-0.4, -0.2) is 27.3 Å². The summed E-state index contributed by atoms with van der Waals surface area (Å²) in [7, 11) is 1.69. The van der Waals surface area contributed by atoms with E-state index in [2.05, 4.69) is 89.8 Å². The van der Waals surface area contributed by atoms with Gasteiger partial charge in [0.25, 0.3) is 0 Å². The third-order valence-corrected chi connectivity index (χ3v) is 6.18. The van der Waals surface area contributed by atoms with Crippen LogP contribution in [0, 0.1) is 12.8 Å². The summed E-state index contributed by atoms with van der Waals surface area (Å²) in [5, 5.41) is 13.6. The maximum Gasteiger partial charge on any atom is 0.124 e. The molecule has 3 N–H and O–H groups in total. The molecule has 168 valence electrons. The first-order valence-corrected chi connectivity index (χ1v) is 11.3. The maximum atomic E-state index is 5.35. The van der Waals surface area contributed by atoms with Crippen molar-refractivity contribution in [3.63, 3.8) is 0 Å². The molecule has 0 saturated heterocycles. The Morgan fingerprint density at radius 3 is 2.64 bits per heavy atom. The van der Waals surface area contributed by atoms with Crippen molar-refractivity contribution in [2.24, 2.45) is 5.92 Å². The van der Waals surface area contributed by atoms with Crippen LogP contribution in [0.5, 0.6) is 5.75 Å². The summed E-state index contributed by atoms with van der Waals surface area (Å²) >= 11 is 0. The number of H-pyrrole nitrogens is 2. The molecule has 6 nitrogen and oxygen atoms in total. The van der Waals surface area contributed by atoms with Crippen LogP contribution < -0.4 is 10.1 Å². The van der Waals surface area contributed by atoms with Gasteiger partial charge in [-0.25, -0.2) is 4.98 Å². The van der Waals surface area contributed by atoms with Crippen LogP contribution >= 0.6 is 0 Å². The van der Waals surface area contributed by atoms with Crippen LogP contribution in [0.4, 0.5) is 0 Å². The Morgan fingerprint density at radius 2 is 1.82 bits per heavy atom. The third-order valence-electron chi connectivity index (χ3n) is 6.18. The fourth-order valence-corrected chi connectivity index (χ4v) is 4.36. The van der Waals surface area contributed by atoms with Crippen LogP contribution in [-0.2, 0) is 6.54 Å². The van der Waals surface area contributed by atoms with Gasteiger partial charge in [0.2, 0.25) is 0 Å². The first-order valence-electron chi connectivity index (χ1n) is 11.3. The molecule has 0 aliphatic heterocycles. The highest BCUT2D eigenvalue weighted by atomic mass is 16.5. The van der Waals surface area contributed by atoms with Gasteiger partial charge in [-0.15, -0.1) is 0 Å². The Hall–Kier alpha value is -3.64. The molecule has 2 aromatic heterocycles. The van der Waals surface area contributed by atoms with Crippen LogP contribution in [0.15, 0.2) is 60.8 Å². The van der Waals surface area contributed by atoms with E-state index in [1.54, 1.807) is 7.11 Å². The summed E-state index contributed by atoms with van der Waals surface area (Å²) in [4.78, 5) is 8.37. The molecule has 0 fully saturated rings. The quantitative estimate of drug-likeness (QED) is 0.295. The first-order chi connectivity index (χ1) is 16.0. The van der Waals surface area contributed by atoms with E-state index in [1.807, 2.05) is 12.3 Å². The molecule has 6 heteroatoms. The van der Waals surface area contributed by atoms with Crippen molar-refractivity contribution >= 4 is 21.8 Å². The molecule has 1 atom stereocenters. The van der Waals surface area contributed by atoms with Gasteiger partial charge in [0.05, 0.1) is 36.1 Å². The summed E-state index contributed by atoms with van der Waals surface area (Å²) in [5.74, 6) is 2.20. The Bertz CT molecular complexity index is 1410. The Balaban J connectivity index is 1.39. The van der Waals surface area contributed by atoms with Gasteiger partial charge < -0.3 is 15.0 Å². The number of ether oxygens (including phenoxy) is 1. The summed E-state index contributed by atoms with van der Waals surface area (Å²) in [6.45, 7) is 7.21. The molecule has 0 radical (unpaired) electrons. The van der Waals surface area contributed by atoms with Gasteiger partial charge in [0.15, 0.2) is 0 Å². The van der Waals surface area contributed by atoms with Crippen LogP contribution in [0.25, 0.3) is 33.1 Å². The second-order valence-electron chi connectivity index (χ2n) is 8.94. The van der Waals surface area contributed by atoms with Gasteiger partial charge in [0.1, 0.15) is 11.6 Å². The number of benzene rings is 3. The zero-order chi connectivity index (χ0) is 22.9. The highest BCUT2D eigenvalue weighted by molar-refractivity contribution is 5.88. The molecule has 3 aromatic carbocycles. The topological polar surface area (TPSA) is 78.6 Å². The van der Waals surface area contributed by atoms with Crippen LogP contribution in [0.2, 0.25) is 0 Å². The number of imidazole rings is 1. The van der Waals surface area contributed by atoms with Gasteiger partial charge in [0, 0.05) is 17.7 Å². The van der Waals surface area contributed by atoms with Crippen molar-refractivity contribution in [1.29, 1.82) is 0 Å². The van der Waals surface area contributed by atoms with E-state index in [9.17, 15) is 0 Å². The van der Waals surface area contributed by atoms with E-state index in [-0.39, 0.29) is 6.04 Å². The Labute approximate surface area is 193 Å². The van der Waals surface area contributed by atoms with Gasteiger partial charge in [-0.3, -0.25) is 5.10 Å². The van der Waals surface area contributed by atoms with E-state index in [1.165, 1.54) is 10.9 Å². The second kappa shape index (κ2) is 8.71. The molecule has 0 saturated carbocycles. The average Bonchev–Trinajstić information content (AvgIpc) is 3.45. The fraction of sp³-hybridized carbons (Fsp3) is 0.259. The minimum atomic E-state index is 0.101. The SMILES string of the molecule is COc1ccc2cc(-c3[nH]ncc3CNC(c3nc4ccc(C)cc4[nH]3)C(C)C)ccc2c1. The molecule has 2 heterocycles. The smallest absolute Gasteiger partial charge is 0.124 e. The van der Waals surface area contributed by atoms with E-state index in [0.29, 0.717) is 12.5 Å². The summed E-state index contributed by atoms with van der Waals surface area (Å²) in [5.41, 5.74) is 6.57. The number of nitrogens with zero attached hydrogens (tertiary/aromatic N) is 2. The van der Waals surface area contributed by atoms with E-state index in [0.717, 1.165) is 44.8 Å². The number of aromatic nitrogens is 4. The summed E-state index contributed by atoms with van der Waals surface area (Å²) in [6.07, 6.45) is 1.90. The van der Waals surface area contributed by atoms with Gasteiger partial charge in [-0.1, -0.05) is 38.1 Å². The van der Waals surface area contributed by atoms with Crippen molar-refractivity contribution < 1.29 is 4.74 Å². The van der Waals surface area contributed by atoms with Crippen molar-refractivity contribution in [3.05, 3.63) is 77.7 Å². The van der Waals surface area contributed by atoms with E-state index >= 15 is 0 Å². The standard InChI is InChI=1S/C27H29N5O/c1-16(2)25(27-30-23-10-5-17(3)11-24(23)31-27)28-14-21-15-29-32-26(21)20-7-6-19-13-22(33-4)9-8-18(19)12-20/h5-13,15-16,25,28H,14H2,1-4H3,(H,29,32)(H,30,31). The molecule has 0 aliphatic rings. The molecule has 1 unspecified atom stereocenters. The molecular formula is C27H29N5O. The molecule has 5 aromatic rings. The molecular weight excluding hydrogens is 410 g/mol. The number of aryl methyl sites for hydroxylation is 1. The normalized spacial score (nSPS) is 12.6. The molecule has 0 spiro atoms. The summed E-state index contributed by atoms with van der Waals surface area (Å²) in [6, 6.07) is 19.0. The number of methoxy groups -OCH3 is 1. The number of rotatable bonds is 7. The number of aromatic amines is 2.